The topological polar surface area (TPSA) is 70.7 Å². The van der Waals surface area contributed by atoms with Crippen LogP contribution < -0.4 is 10.9 Å². The molecule has 1 aliphatic heterocycles. The number of hydrogen-bond acceptors (Lipinski definition) is 4. The van der Waals surface area contributed by atoms with Crippen molar-refractivity contribution < 1.29 is 0 Å². The maximum Gasteiger partial charge on any atom is 0.255 e. The van der Waals surface area contributed by atoms with Gasteiger partial charge in [0.15, 0.2) is 0 Å². The van der Waals surface area contributed by atoms with Crippen molar-refractivity contribution in [1.82, 2.24) is 20.3 Å². The minimum absolute atomic E-state index is 0.00264. The molecule has 3 aromatic rings. The maximum atomic E-state index is 12.7. The van der Waals surface area contributed by atoms with Gasteiger partial charge in [-0.3, -0.25) is 9.78 Å². The summed E-state index contributed by atoms with van der Waals surface area (Å²) in [5.41, 5.74) is 4.94. The largest absolute Gasteiger partial charge is 0.312 e. The lowest BCUT2D eigenvalue weighted by molar-refractivity contribution is 0.678. The summed E-state index contributed by atoms with van der Waals surface area (Å²) in [6, 6.07) is 12.5. The van der Waals surface area contributed by atoms with E-state index in [0.29, 0.717) is 6.54 Å². The highest BCUT2D eigenvalue weighted by atomic mass is 16.1. The zero-order valence-corrected chi connectivity index (χ0v) is 15.2. The molecule has 0 spiro atoms. The third kappa shape index (κ3) is 2.88. The van der Waals surface area contributed by atoms with Gasteiger partial charge in [-0.05, 0) is 49.4 Å². The van der Waals surface area contributed by atoms with Gasteiger partial charge < -0.3 is 10.3 Å². The molecule has 0 atom stereocenters. The molecule has 5 heteroatoms. The van der Waals surface area contributed by atoms with E-state index in [4.69, 9.17) is 4.98 Å². The Morgan fingerprint density at radius 2 is 1.89 bits per heavy atom. The second-order valence-electron chi connectivity index (χ2n) is 7.53. The molecule has 1 aliphatic carbocycles. The van der Waals surface area contributed by atoms with Crippen molar-refractivity contribution in [3.63, 3.8) is 0 Å². The first-order valence-electron chi connectivity index (χ1n) is 9.60. The Hall–Kier alpha value is -2.79. The average molecular weight is 358 g/mol. The van der Waals surface area contributed by atoms with Crippen LogP contribution in [0.1, 0.15) is 41.9 Å². The Bertz CT molecular complexity index is 1040. The van der Waals surface area contributed by atoms with Crippen LogP contribution in [0.5, 0.6) is 0 Å². The summed E-state index contributed by atoms with van der Waals surface area (Å²) >= 11 is 0. The Kier molecular flexibility index (Phi) is 3.90. The van der Waals surface area contributed by atoms with Crippen molar-refractivity contribution in [2.75, 3.05) is 6.54 Å². The number of pyridine rings is 1. The number of nitrogens with zero attached hydrogens (tertiary/aromatic N) is 2. The van der Waals surface area contributed by atoms with Crippen LogP contribution in [0.25, 0.3) is 11.1 Å². The lowest BCUT2D eigenvalue weighted by Gasteiger charge is -2.17. The number of aryl methyl sites for hydroxylation is 1. The van der Waals surface area contributed by atoms with Crippen LogP contribution in [0.3, 0.4) is 0 Å². The maximum absolute atomic E-state index is 12.7. The molecule has 5 rings (SSSR count). The van der Waals surface area contributed by atoms with Crippen molar-refractivity contribution in [3.05, 3.63) is 81.8 Å². The molecular formula is C22H22N4O. The fraction of sp³-hybridized carbons (Fsp3) is 0.318. The number of fused-ring (bicyclic) bond motifs is 1. The monoisotopic (exact) mass is 358 g/mol. The lowest BCUT2D eigenvalue weighted by Crippen LogP contribution is -2.26. The van der Waals surface area contributed by atoms with Crippen LogP contribution in [-0.2, 0) is 18.4 Å². The van der Waals surface area contributed by atoms with Gasteiger partial charge in [0.1, 0.15) is 5.82 Å². The van der Waals surface area contributed by atoms with E-state index in [1.807, 2.05) is 30.6 Å². The van der Waals surface area contributed by atoms with Crippen LogP contribution in [-0.4, -0.2) is 21.5 Å². The average Bonchev–Trinajstić information content (AvgIpc) is 3.53. The van der Waals surface area contributed by atoms with Crippen molar-refractivity contribution in [3.8, 4) is 11.1 Å². The normalized spacial score (nSPS) is 17.8. The van der Waals surface area contributed by atoms with Gasteiger partial charge in [-0.15, -0.1) is 0 Å². The molecule has 2 aromatic heterocycles. The van der Waals surface area contributed by atoms with Gasteiger partial charge in [-0.2, -0.15) is 0 Å². The van der Waals surface area contributed by atoms with E-state index >= 15 is 0 Å². The molecule has 0 radical (unpaired) electrons. The van der Waals surface area contributed by atoms with E-state index in [1.54, 1.807) is 0 Å². The van der Waals surface area contributed by atoms with Crippen LogP contribution in [0.4, 0.5) is 0 Å². The molecule has 2 N–H and O–H groups in total. The van der Waals surface area contributed by atoms with Gasteiger partial charge in [-0.25, -0.2) is 4.98 Å². The van der Waals surface area contributed by atoms with E-state index in [9.17, 15) is 4.79 Å². The molecule has 3 heterocycles. The summed E-state index contributed by atoms with van der Waals surface area (Å²) in [5.74, 6) is 0.806. The zero-order chi connectivity index (χ0) is 18.3. The van der Waals surface area contributed by atoms with Gasteiger partial charge in [-0.1, -0.05) is 30.3 Å². The standard InChI is InChI=1S/C22H22N4O/c27-20-18-14-23-10-4-7-19(18)25-21(26-20)22(8-9-22)17-11-16(12-24-13-17)15-5-2-1-3-6-15/h1-3,5-6,11-13,23H,4,7-10,14H2,(H,25,26,27). The molecule has 0 bridgehead atoms. The SMILES string of the molecule is O=c1[nH]c(C2(c3cncc(-c4ccccc4)c3)CC2)nc2c1CNCCC2. The molecule has 5 nitrogen and oxygen atoms in total. The highest BCUT2D eigenvalue weighted by molar-refractivity contribution is 5.64. The van der Waals surface area contributed by atoms with Gasteiger partial charge in [0, 0.05) is 24.5 Å². The molecule has 0 saturated heterocycles. The predicted octanol–water partition coefficient (Wildman–Crippen LogP) is 2.95. The van der Waals surface area contributed by atoms with E-state index < -0.39 is 0 Å². The third-order valence-corrected chi connectivity index (χ3v) is 5.77. The number of benzene rings is 1. The summed E-state index contributed by atoms with van der Waals surface area (Å²) in [6.07, 6.45) is 7.68. The highest BCUT2D eigenvalue weighted by Crippen LogP contribution is 2.52. The summed E-state index contributed by atoms with van der Waals surface area (Å²) in [6.45, 7) is 1.54. The molecule has 1 aromatic carbocycles. The number of rotatable bonds is 3. The number of hydrogen-bond donors (Lipinski definition) is 2. The molecule has 1 saturated carbocycles. The molecule has 1 fully saturated rings. The number of aromatic amines is 1. The Morgan fingerprint density at radius 1 is 1.04 bits per heavy atom. The first kappa shape index (κ1) is 16.4. The van der Waals surface area contributed by atoms with E-state index in [-0.39, 0.29) is 11.0 Å². The minimum atomic E-state index is -0.203. The van der Waals surface area contributed by atoms with Gasteiger partial charge >= 0.3 is 0 Å². The van der Waals surface area contributed by atoms with Crippen molar-refractivity contribution >= 4 is 0 Å². The Morgan fingerprint density at radius 3 is 2.70 bits per heavy atom. The molecule has 27 heavy (non-hydrogen) atoms. The van der Waals surface area contributed by atoms with Crippen molar-refractivity contribution in [2.24, 2.45) is 0 Å². The molecule has 0 amide bonds. The molecular weight excluding hydrogens is 336 g/mol. The smallest absolute Gasteiger partial charge is 0.255 e. The van der Waals surface area contributed by atoms with Crippen LogP contribution in [0.2, 0.25) is 0 Å². The Balaban J connectivity index is 1.58. The first-order chi connectivity index (χ1) is 13.3. The second kappa shape index (κ2) is 6.43. The summed E-state index contributed by atoms with van der Waals surface area (Å²) in [7, 11) is 0. The zero-order valence-electron chi connectivity index (χ0n) is 15.2. The van der Waals surface area contributed by atoms with Crippen LogP contribution in [0, 0.1) is 0 Å². The molecule has 136 valence electrons. The molecule has 0 unspecified atom stereocenters. The second-order valence-corrected chi connectivity index (χ2v) is 7.53. The summed E-state index contributed by atoms with van der Waals surface area (Å²) in [5, 5.41) is 3.31. The van der Waals surface area contributed by atoms with Gasteiger partial charge in [0.2, 0.25) is 0 Å². The van der Waals surface area contributed by atoms with E-state index in [2.05, 4.69) is 33.5 Å². The van der Waals surface area contributed by atoms with Crippen molar-refractivity contribution in [1.29, 1.82) is 0 Å². The fourth-order valence-corrected chi connectivity index (χ4v) is 4.03. The highest BCUT2D eigenvalue weighted by Gasteiger charge is 2.49. The van der Waals surface area contributed by atoms with Crippen LogP contribution in [0.15, 0.2) is 53.6 Å². The van der Waals surface area contributed by atoms with Gasteiger partial charge in [0.25, 0.3) is 5.56 Å². The predicted molar refractivity (Wildman–Crippen MR) is 105 cm³/mol. The van der Waals surface area contributed by atoms with Crippen LogP contribution >= 0.6 is 0 Å². The number of nitrogens with one attached hydrogen (secondary N) is 2. The summed E-state index contributed by atoms with van der Waals surface area (Å²) in [4.78, 5) is 25.2. The van der Waals surface area contributed by atoms with E-state index in [0.717, 1.165) is 66.0 Å². The molecule has 2 aliphatic rings. The number of H-pyrrole nitrogens is 1. The number of aromatic nitrogens is 3. The van der Waals surface area contributed by atoms with E-state index in [1.165, 1.54) is 0 Å². The minimum Gasteiger partial charge on any atom is -0.312 e. The van der Waals surface area contributed by atoms with Crippen molar-refractivity contribution in [2.45, 2.75) is 37.6 Å². The quantitative estimate of drug-likeness (QED) is 0.755. The lowest BCUT2D eigenvalue weighted by atomic mass is 9.93. The third-order valence-electron chi connectivity index (χ3n) is 5.77. The van der Waals surface area contributed by atoms with Gasteiger partial charge in [0.05, 0.1) is 16.7 Å². The fourth-order valence-electron chi connectivity index (χ4n) is 4.03. The summed E-state index contributed by atoms with van der Waals surface area (Å²) < 4.78 is 0. The first-order valence-corrected chi connectivity index (χ1v) is 9.60. The Labute approximate surface area is 157 Å².